The summed E-state index contributed by atoms with van der Waals surface area (Å²) in [5.41, 5.74) is -0.562. The van der Waals surface area contributed by atoms with E-state index in [0.29, 0.717) is 0 Å². The number of nitrogens with zero attached hydrogens (tertiary/aromatic N) is 2. The predicted octanol–water partition coefficient (Wildman–Crippen LogP) is 0.371. The first-order valence-electron chi connectivity index (χ1n) is 3.60. The van der Waals surface area contributed by atoms with Crippen LogP contribution in [0.4, 0.5) is 4.39 Å². The third-order valence-corrected chi connectivity index (χ3v) is 2.85. The molecule has 1 heterocycles. The van der Waals surface area contributed by atoms with Gasteiger partial charge in [0.05, 0.1) is 4.55 Å². The number of aromatic nitrogens is 2. The molecule has 0 bridgehead atoms. The van der Waals surface area contributed by atoms with Gasteiger partial charge in [0.15, 0.2) is 16.9 Å². The standard InChI is InChI=1S/C6H4FN3O4S/c7-3-1-2-4(15(11,12)13-8)6-5(3)9-14-10-6/h1-2H,8H2/q+1. The summed E-state index contributed by atoms with van der Waals surface area (Å²) in [4.78, 5) is -0.400. The highest BCUT2D eigenvalue weighted by Crippen LogP contribution is 2.26. The van der Waals surface area contributed by atoms with Crippen LogP contribution in [-0.4, -0.2) is 10.3 Å². The second-order valence-corrected chi connectivity index (χ2v) is 4.10. The van der Waals surface area contributed by atoms with Crippen molar-refractivity contribution in [2.45, 2.75) is 4.90 Å². The summed E-state index contributed by atoms with van der Waals surface area (Å²) in [6, 6.07) is 1.86. The van der Waals surface area contributed by atoms with E-state index in [4.69, 9.17) is 0 Å². The zero-order chi connectivity index (χ0) is 11.1. The third kappa shape index (κ3) is 1.51. The van der Waals surface area contributed by atoms with Crippen LogP contribution in [0, 0.1) is 5.82 Å². The molecule has 79 valence electrons. The normalized spacial score (nSPS) is 15.4. The molecule has 0 aliphatic heterocycles. The molecular weight excluding hydrogens is 229 g/mol. The number of halogens is 1. The third-order valence-electron chi connectivity index (χ3n) is 1.73. The zero-order valence-corrected chi connectivity index (χ0v) is 7.86. The second-order valence-electron chi connectivity index (χ2n) is 2.56. The predicted molar refractivity (Wildman–Crippen MR) is 44.0 cm³/mol. The van der Waals surface area contributed by atoms with Crippen LogP contribution >= 0.6 is 0 Å². The Labute approximate surface area is 83.4 Å². The SMILES string of the molecule is NO[S+]([O])(=O)c1ccc(F)c2nonc12. The van der Waals surface area contributed by atoms with Crippen molar-refractivity contribution in [2.75, 3.05) is 0 Å². The van der Waals surface area contributed by atoms with Gasteiger partial charge in [0.25, 0.3) is 4.90 Å². The molecule has 2 rings (SSSR count). The molecule has 1 atom stereocenters. The van der Waals surface area contributed by atoms with Crippen LogP contribution in [0.3, 0.4) is 0 Å². The monoisotopic (exact) mass is 233 g/mol. The molecule has 0 spiro atoms. The molecule has 7 nitrogen and oxygen atoms in total. The van der Waals surface area contributed by atoms with Gasteiger partial charge in [-0.25, -0.2) is 9.02 Å². The molecule has 0 saturated heterocycles. The van der Waals surface area contributed by atoms with Gasteiger partial charge in [-0.1, -0.05) is 0 Å². The molecular formula is C6H4FN3O4S+. The number of benzene rings is 1. The van der Waals surface area contributed by atoms with Crippen LogP contribution < -0.4 is 5.90 Å². The highest BCUT2D eigenvalue weighted by molar-refractivity contribution is 7.93. The van der Waals surface area contributed by atoms with Crippen LogP contribution in [0.15, 0.2) is 21.7 Å². The summed E-state index contributed by atoms with van der Waals surface area (Å²) >= 11 is 0. The highest BCUT2D eigenvalue weighted by Gasteiger charge is 2.39. The van der Waals surface area contributed by atoms with Crippen LogP contribution in [0.1, 0.15) is 0 Å². The van der Waals surface area contributed by atoms with Gasteiger partial charge in [0, 0.05) is 6.07 Å². The van der Waals surface area contributed by atoms with Crippen molar-refractivity contribution in [3.63, 3.8) is 0 Å². The Morgan fingerprint density at radius 1 is 1.40 bits per heavy atom. The van der Waals surface area contributed by atoms with Gasteiger partial charge >= 0.3 is 10.5 Å². The van der Waals surface area contributed by atoms with Crippen molar-refractivity contribution >= 4 is 21.5 Å². The Bertz CT molecular complexity index is 556. The lowest BCUT2D eigenvalue weighted by Gasteiger charge is -1.95. The average molecular weight is 233 g/mol. The van der Waals surface area contributed by atoms with Crippen molar-refractivity contribution in [1.82, 2.24) is 10.3 Å². The van der Waals surface area contributed by atoms with E-state index in [1.807, 2.05) is 0 Å². The van der Waals surface area contributed by atoms with Crippen molar-refractivity contribution in [3.05, 3.63) is 17.9 Å². The van der Waals surface area contributed by atoms with E-state index in [2.05, 4.69) is 25.1 Å². The van der Waals surface area contributed by atoms with Crippen molar-refractivity contribution in [1.29, 1.82) is 0 Å². The molecule has 0 amide bonds. The van der Waals surface area contributed by atoms with E-state index >= 15 is 0 Å². The van der Waals surface area contributed by atoms with Crippen LogP contribution in [0.2, 0.25) is 0 Å². The Morgan fingerprint density at radius 3 is 2.73 bits per heavy atom. The molecule has 0 fully saturated rings. The lowest BCUT2D eigenvalue weighted by molar-refractivity contribution is 0.261. The quantitative estimate of drug-likeness (QED) is 0.592. The molecule has 15 heavy (non-hydrogen) atoms. The molecule has 1 radical (unpaired) electrons. The summed E-state index contributed by atoms with van der Waals surface area (Å²) < 4.78 is 43.6. The maximum absolute atomic E-state index is 13.1. The second kappa shape index (κ2) is 3.31. The molecule has 2 aromatic rings. The minimum Gasteiger partial charge on any atom is -0.243 e. The van der Waals surface area contributed by atoms with Gasteiger partial charge in [0.1, 0.15) is 0 Å². The Kier molecular flexibility index (Phi) is 2.23. The van der Waals surface area contributed by atoms with E-state index in [9.17, 15) is 13.2 Å². The Hall–Kier alpha value is -1.42. The van der Waals surface area contributed by atoms with Crippen LogP contribution in [-0.2, 0) is 23.5 Å². The lowest BCUT2D eigenvalue weighted by Crippen LogP contribution is -2.17. The fraction of sp³-hybridized carbons (Fsp3) is 0. The summed E-state index contributed by atoms with van der Waals surface area (Å²) in [6.45, 7) is 0. The number of hydrogen-bond acceptors (Lipinski definition) is 6. The first kappa shape index (κ1) is 10.1. The van der Waals surface area contributed by atoms with Gasteiger partial charge in [-0.05, 0) is 24.9 Å². The number of hydrogen-bond donors (Lipinski definition) is 1. The number of fused-ring (bicyclic) bond motifs is 1. The average Bonchev–Trinajstić information content (AvgIpc) is 2.67. The van der Waals surface area contributed by atoms with Gasteiger partial charge in [-0.3, -0.25) is 0 Å². The van der Waals surface area contributed by atoms with Gasteiger partial charge in [-0.15, -0.1) is 0 Å². The maximum atomic E-state index is 13.1. The first-order valence-corrected chi connectivity index (χ1v) is 5.01. The summed E-state index contributed by atoms with van der Waals surface area (Å²) in [5.74, 6) is 3.83. The molecule has 0 aliphatic rings. The van der Waals surface area contributed by atoms with E-state index in [1.54, 1.807) is 0 Å². The van der Waals surface area contributed by atoms with Gasteiger partial charge in [-0.2, -0.15) is 5.90 Å². The minimum atomic E-state index is -4.16. The zero-order valence-electron chi connectivity index (χ0n) is 7.05. The minimum absolute atomic E-state index is 0.263. The van der Waals surface area contributed by atoms with E-state index < -0.39 is 21.2 Å². The number of rotatable bonds is 2. The maximum Gasteiger partial charge on any atom is 0.449 e. The summed E-state index contributed by atoms with van der Waals surface area (Å²) in [7, 11) is -4.16. The molecule has 1 aromatic heterocycles. The molecule has 9 heteroatoms. The largest absolute Gasteiger partial charge is 0.449 e. The number of nitrogens with two attached hydrogens (primary N) is 1. The van der Waals surface area contributed by atoms with Crippen molar-refractivity contribution in [2.24, 2.45) is 5.90 Å². The molecule has 1 unspecified atom stereocenters. The fourth-order valence-corrected chi connectivity index (χ4v) is 1.78. The molecule has 2 N–H and O–H groups in total. The van der Waals surface area contributed by atoms with Crippen LogP contribution in [0.25, 0.3) is 11.0 Å². The van der Waals surface area contributed by atoms with Gasteiger partial charge in [0.2, 0.25) is 0 Å². The fourth-order valence-electron chi connectivity index (χ4n) is 1.07. The van der Waals surface area contributed by atoms with Crippen LogP contribution in [0.5, 0.6) is 0 Å². The van der Waals surface area contributed by atoms with E-state index in [-0.39, 0.29) is 11.0 Å². The first-order chi connectivity index (χ1) is 7.06. The smallest absolute Gasteiger partial charge is 0.243 e. The van der Waals surface area contributed by atoms with Crippen molar-refractivity contribution < 1.29 is 22.1 Å². The molecule has 0 aliphatic carbocycles. The van der Waals surface area contributed by atoms with Crippen molar-refractivity contribution in [3.8, 4) is 0 Å². The Balaban J connectivity index is 2.78. The molecule has 1 aromatic carbocycles. The topological polar surface area (TPSA) is 111 Å². The van der Waals surface area contributed by atoms with E-state index in [0.717, 1.165) is 12.1 Å². The summed E-state index contributed by atoms with van der Waals surface area (Å²) in [6.07, 6.45) is 0. The van der Waals surface area contributed by atoms with E-state index in [1.165, 1.54) is 0 Å². The highest BCUT2D eigenvalue weighted by atomic mass is 32.3. The lowest BCUT2D eigenvalue weighted by atomic mass is 10.3. The summed E-state index contributed by atoms with van der Waals surface area (Å²) in [5, 5.41) is 6.46. The Morgan fingerprint density at radius 2 is 2.07 bits per heavy atom. The van der Waals surface area contributed by atoms with Gasteiger partial charge < -0.3 is 0 Å². The molecule has 0 saturated carbocycles.